The van der Waals surface area contributed by atoms with Crippen molar-refractivity contribution >= 4 is 11.3 Å². The summed E-state index contributed by atoms with van der Waals surface area (Å²) in [6.45, 7) is 11.0. The topological polar surface area (TPSA) is 30.5 Å². The lowest BCUT2D eigenvalue weighted by atomic mass is 9.65. The zero-order valence-corrected chi connectivity index (χ0v) is 19.2. The molecule has 1 fully saturated rings. The van der Waals surface area contributed by atoms with Crippen molar-refractivity contribution < 1.29 is 9.47 Å². The fourth-order valence-electron chi connectivity index (χ4n) is 6.05. The van der Waals surface area contributed by atoms with E-state index in [2.05, 4.69) is 63.0 Å². The first-order chi connectivity index (χ1) is 14.9. The molecule has 2 heterocycles. The van der Waals surface area contributed by atoms with E-state index in [4.69, 9.17) is 9.47 Å². The third-order valence-corrected chi connectivity index (χ3v) is 7.37. The van der Waals surface area contributed by atoms with Crippen LogP contribution in [0.3, 0.4) is 0 Å². The minimum absolute atomic E-state index is 0.0544. The number of hydrogen-bond donors (Lipinski definition) is 1. The van der Waals surface area contributed by atoms with Crippen molar-refractivity contribution in [3.63, 3.8) is 0 Å². The summed E-state index contributed by atoms with van der Waals surface area (Å²) >= 11 is 0. The molecule has 0 radical (unpaired) electrons. The molecule has 0 spiro atoms. The molecule has 0 amide bonds. The summed E-state index contributed by atoms with van der Waals surface area (Å²) < 4.78 is 12.7. The van der Waals surface area contributed by atoms with Crippen LogP contribution >= 0.6 is 0 Å². The normalized spacial score (nSPS) is 22.6. The lowest BCUT2D eigenvalue weighted by molar-refractivity contribution is 0.0489. The average molecular weight is 416 g/mol. The zero-order valence-electron chi connectivity index (χ0n) is 19.2. The number of hydrogen-bond acceptors (Lipinski definition) is 3. The van der Waals surface area contributed by atoms with Gasteiger partial charge in [0.15, 0.2) is 0 Å². The van der Waals surface area contributed by atoms with Crippen LogP contribution in [0.1, 0.15) is 70.1 Å². The largest absolute Gasteiger partial charge is 0.496 e. The SMILES string of the molecule is C=CC1(C2Oc3cccc(OC)c3-c3ccc4c(c32)C(C)=CC(C)(C)N4)CCCCC1. The number of methoxy groups -OCH3 is 1. The Morgan fingerprint density at radius 2 is 1.87 bits per heavy atom. The Bertz CT molecular complexity index is 1070. The van der Waals surface area contributed by atoms with Crippen molar-refractivity contribution in [2.24, 2.45) is 5.41 Å². The molecule has 0 aromatic heterocycles. The third-order valence-electron chi connectivity index (χ3n) is 7.37. The van der Waals surface area contributed by atoms with Crippen LogP contribution in [-0.4, -0.2) is 12.6 Å². The Morgan fingerprint density at radius 3 is 2.58 bits per heavy atom. The van der Waals surface area contributed by atoms with E-state index in [-0.39, 0.29) is 17.1 Å². The van der Waals surface area contributed by atoms with Crippen LogP contribution in [0, 0.1) is 5.41 Å². The number of allylic oxidation sites excluding steroid dienone is 1. The highest BCUT2D eigenvalue weighted by Crippen LogP contribution is 2.59. The monoisotopic (exact) mass is 415 g/mol. The maximum atomic E-state index is 6.89. The van der Waals surface area contributed by atoms with Gasteiger partial charge in [0, 0.05) is 22.2 Å². The van der Waals surface area contributed by atoms with Crippen LogP contribution in [-0.2, 0) is 0 Å². The first-order valence-electron chi connectivity index (χ1n) is 11.5. The highest BCUT2D eigenvalue weighted by Gasteiger charge is 2.46. The van der Waals surface area contributed by atoms with E-state index in [0.717, 1.165) is 29.9 Å². The second-order valence-electron chi connectivity index (χ2n) is 9.95. The van der Waals surface area contributed by atoms with Crippen molar-refractivity contribution in [1.82, 2.24) is 0 Å². The Balaban J connectivity index is 1.81. The zero-order chi connectivity index (χ0) is 21.8. The summed E-state index contributed by atoms with van der Waals surface area (Å²) in [6, 6.07) is 10.6. The fraction of sp³-hybridized carbons (Fsp3) is 0.429. The van der Waals surface area contributed by atoms with Crippen molar-refractivity contribution in [2.75, 3.05) is 12.4 Å². The quantitative estimate of drug-likeness (QED) is 0.525. The maximum Gasteiger partial charge on any atom is 0.134 e. The Morgan fingerprint density at radius 1 is 1.10 bits per heavy atom. The molecule has 0 saturated heterocycles. The molecular weight excluding hydrogens is 382 g/mol. The molecule has 1 aliphatic carbocycles. The van der Waals surface area contributed by atoms with Crippen LogP contribution < -0.4 is 14.8 Å². The van der Waals surface area contributed by atoms with Crippen LogP contribution in [0.15, 0.2) is 49.1 Å². The van der Waals surface area contributed by atoms with Crippen molar-refractivity contribution in [3.05, 3.63) is 60.2 Å². The molecule has 162 valence electrons. The number of nitrogens with one attached hydrogen (secondary N) is 1. The van der Waals surface area contributed by atoms with Gasteiger partial charge in [-0.25, -0.2) is 0 Å². The minimum atomic E-state index is -0.0765. The molecule has 2 aliphatic heterocycles. The van der Waals surface area contributed by atoms with E-state index in [1.807, 2.05) is 12.1 Å². The standard InChI is InChI=1S/C28H33NO2/c1-6-28(15-8-7-9-16-28)26-25-19(24-21(30-5)11-10-12-22(24)31-26)13-14-20-23(25)18(2)17-27(3,4)29-20/h6,10-14,17,26,29H,1,7-9,15-16H2,2-5H3. The van der Waals surface area contributed by atoms with Gasteiger partial charge in [0.05, 0.1) is 18.2 Å². The molecule has 5 rings (SSSR count). The Labute approximate surface area is 186 Å². The highest BCUT2D eigenvalue weighted by molar-refractivity contribution is 5.91. The summed E-state index contributed by atoms with van der Waals surface area (Å²) in [6.07, 6.45) is 10.4. The van der Waals surface area contributed by atoms with Gasteiger partial charge in [0.2, 0.25) is 0 Å². The second-order valence-corrected chi connectivity index (χ2v) is 9.95. The van der Waals surface area contributed by atoms with Crippen molar-refractivity contribution in [1.29, 1.82) is 0 Å². The van der Waals surface area contributed by atoms with Crippen LogP contribution in [0.25, 0.3) is 16.7 Å². The van der Waals surface area contributed by atoms with Gasteiger partial charge in [0.25, 0.3) is 0 Å². The van der Waals surface area contributed by atoms with Gasteiger partial charge in [-0.2, -0.15) is 0 Å². The first kappa shape index (κ1) is 20.2. The van der Waals surface area contributed by atoms with Crippen molar-refractivity contribution in [2.45, 2.75) is 64.5 Å². The lowest BCUT2D eigenvalue weighted by Gasteiger charge is -2.46. The average Bonchev–Trinajstić information content (AvgIpc) is 2.77. The van der Waals surface area contributed by atoms with E-state index in [0.29, 0.717) is 0 Å². The predicted octanol–water partition coefficient (Wildman–Crippen LogP) is 7.54. The summed E-state index contributed by atoms with van der Waals surface area (Å²) in [4.78, 5) is 0. The molecule has 0 bridgehead atoms. The first-order valence-corrected chi connectivity index (χ1v) is 11.5. The van der Waals surface area contributed by atoms with Crippen LogP contribution in [0.4, 0.5) is 5.69 Å². The van der Waals surface area contributed by atoms with Gasteiger partial charge in [-0.15, -0.1) is 6.58 Å². The second kappa shape index (κ2) is 7.19. The molecule has 2 aromatic carbocycles. The molecule has 2 aromatic rings. The molecule has 3 heteroatoms. The van der Waals surface area contributed by atoms with Crippen LogP contribution in [0.2, 0.25) is 0 Å². The maximum absolute atomic E-state index is 6.89. The number of benzene rings is 2. The molecular formula is C28H33NO2. The molecule has 3 aliphatic rings. The van der Waals surface area contributed by atoms with Gasteiger partial charge < -0.3 is 14.8 Å². The number of fused-ring (bicyclic) bond motifs is 5. The number of anilines is 1. The Hall–Kier alpha value is -2.68. The predicted molar refractivity (Wildman–Crippen MR) is 129 cm³/mol. The van der Waals surface area contributed by atoms with E-state index < -0.39 is 0 Å². The summed E-state index contributed by atoms with van der Waals surface area (Å²) in [5.74, 6) is 1.77. The van der Waals surface area contributed by atoms with E-state index in [1.54, 1.807) is 7.11 Å². The summed E-state index contributed by atoms with van der Waals surface area (Å²) in [7, 11) is 1.74. The minimum Gasteiger partial charge on any atom is -0.496 e. The third kappa shape index (κ3) is 3.09. The molecule has 1 unspecified atom stereocenters. The van der Waals surface area contributed by atoms with Gasteiger partial charge >= 0.3 is 0 Å². The summed E-state index contributed by atoms with van der Waals surface area (Å²) in [5, 5.41) is 3.73. The van der Waals surface area contributed by atoms with E-state index >= 15 is 0 Å². The summed E-state index contributed by atoms with van der Waals surface area (Å²) in [5.41, 5.74) is 7.21. The van der Waals surface area contributed by atoms with Crippen LogP contribution in [0.5, 0.6) is 11.5 Å². The lowest BCUT2D eigenvalue weighted by Crippen LogP contribution is -2.37. The Kier molecular flexibility index (Phi) is 4.69. The molecule has 31 heavy (non-hydrogen) atoms. The number of ether oxygens (including phenoxy) is 2. The smallest absolute Gasteiger partial charge is 0.134 e. The van der Waals surface area contributed by atoms with E-state index in [9.17, 15) is 0 Å². The van der Waals surface area contributed by atoms with Crippen molar-refractivity contribution in [3.8, 4) is 22.6 Å². The molecule has 3 nitrogen and oxygen atoms in total. The highest BCUT2D eigenvalue weighted by atomic mass is 16.5. The van der Waals surface area contributed by atoms with Gasteiger partial charge in [-0.1, -0.05) is 43.5 Å². The van der Waals surface area contributed by atoms with Gasteiger partial charge in [0.1, 0.15) is 17.6 Å². The molecule has 1 atom stereocenters. The number of rotatable bonds is 3. The van der Waals surface area contributed by atoms with E-state index in [1.165, 1.54) is 47.2 Å². The van der Waals surface area contributed by atoms with Gasteiger partial charge in [-0.3, -0.25) is 0 Å². The molecule has 1 saturated carbocycles. The molecule has 1 N–H and O–H groups in total. The van der Waals surface area contributed by atoms with Gasteiger partial charge in [-0.05, 0) is 62.9 Å². The fourth-order valence-corrected chi connectivity index (χ4v) is 6.05.